The highest BCUT2D eigenvalue weighted by atomic mass is 35.5. The van der Waals surface area contributed by atoms with Crippen LogP contribution in [0.4, 0.5) is 11.4 Å². The minimum Gasteiger partial charge on any atom is -0.495 e. The largest absolute Gasteiger partial charge is 0.495 e. The van der Waals surface area contributed by atoms with Gasteiger partial charge in [0.2, 0.25) is 11.8 Å². The van der Waals surface area contributed by atoms with Gasteiger partial charge in [-0.1, -0.05) is 17.7 Å². The van der Waals surface area contributed by atoms with Gasteiger partial charge in [0.1, 0.15) is 11.2 Å². The van der Waals surface area contributed by atoms with Crippen molar-refractivity contribution in [3.63, 3.8) is 0 Å². The molecular formula is C20H23ClN2O3. The van der Waals surface area contributed by atoms with E-state index in [1.54, 1.807) is 32.0 Å². The average Bonchev–Trinajstić information content (AvgIpc) is 2.53. The van der Waals surface area contributed by atoms with E-state index in [0.29, 0.717) is 22.1 Å². The molecule has 0 saturated heterocycles. The summed E-state index contributed by atoms with van der Waals surface area (Å²) in [6.07, 6.45) is 0. The molecule has 2 N–H and O–H groups in total. The Labute approximate surface area is 158 Å². The molecule has 5 nitrogen and oxygen atoms in total. The van der Waals surface area contributed by atoms with Crippen molar-refractivity contribution in [1.82, 2.24) is 0 Å². The number of benzene rings is 2. The number of hydrogen-bond donors (Lipinski definition) is 2. The van der Waals surface area contributed by atoms with Crippen molar-refractivity contribution >= 4 is 34.8 Å². The first-order chi connectivity index (χ1) is 12.1. The Balaban J connectivity index is 2.13. The molecule has 0 aromatic heterocycles. The number of carbonyl (C=O) groups excluding carboxylic acids is 2. The molecule has 2 aromatic rings. The van der Waals surface area contributed by atoms with Crippen molar-refractivity contribution in [2.75, 3.05) is 17.7 Å². The predicted octanol–water partition coefficient (Wildman–Crippen LogP) is 4.57. The Morgan fingerprint density at radius 1 is 0.923 bits per heavy atom. The standard InChI is InChI=1S/C20H23ClN2O3/c1-12-8-13(2)10-15(9-12)23-19(25)20(3,4)18(24)22-14-6-7-17(26-5)16(21)11-14/h6-11H,1-5H3,(H,22,24)(H,23,25). The highest BCUT2D eigenvalue weighted by Crippen LogP contribution is 2.29. The summed E-state index contributed by atoms with van der Waals surface area (Å²) in [5.41, 5.74) is 1.96. The van der Waals surface area contributed by atoms with E-state index in [1.807, 2.05) is 32.0 Å². The first kappa shape index (κ1) is 19.8. The van der Waals surface area contributed by atoms with E-state index in [9.17, 15) is 9.59 Å². The molecule has 0 radical (unpaired) electrons. The lowest BCUT2D eigenvalue weighted by atomic mass is 9.90. The van der Waals surface area contributed by atoms with Crippen LogP contribution >= 0.6 is 11.6 Å². The van der Waals surface area contributed by atoms with Gasteiger partial charge in [0.05, 0.1) is 12.1 Å². The Morgan fingerprint density at radius 2 is 1.46 bits per heavy atom. The molecule has 0 aliphatic heterocycles. The molecule has 0 fully saturated rings. The van der Waals surface area contributed by atoms with E-state index >= 15 is 0 Å². The number of methoxy groups -OCH3 is 1. The Kier molecular flexibility index (Phi) is 5.93. The maximum atomic E-state index is 12.6. The van der Waals surface area contributed by atoms with Crippen LogP contribution in [-0.4, -0.2) is 18.9 Å². The van der Waals surface area contributed by atoms with Crippen LogP contribution in [0, 0.1) is 19.3 Å². The molecule has 0 aliphatic rings. The minimum atomic E-state index is -1.27. The third kappa shape index (κ3) is 4.55. The van der Waals surface area contributed by atoms with Gasteiger partial charge in [-0.15, -0.1) is 0 Å². The van der Waals surface area contributed by atoms with Crippen LogP contribution in [0.2, 0.25) is 5.02 Å². The number of aryl methyl sites for hydroxylation is 2. The Morgan fingerprint density at radius 3 is 1.96 bits per heavy atom. The summed E-state index contributed by atoms with van der Waals surface area (Å²) in [5, 5.41) is 5.92. The second-order valence-corrected chi connectivity index (χ2v) is 7.17. The van der Waals surface area contributed by atoms with Crippen LogP contribution in [0.5, 0.6) is 5.75 Å². The van der Waals surface area contributed by atoms with E-state index in [0.717, 1.165) is 11.1 Å². The maximum absolute atomic E-state index is 12.6. The highest BCUT2D eigenvalue weighted by Gasteiger charge is 2.36. The quantitative estimate of drug-likeness (QED) is 0.753. The third-order valence-corrected chi connectivity index (χ3v) is 4.32. The number of nitrogens with one attached hydrogen (secondary N) is 2. The minimum absolute atomic E-state index is 0.378. The summed E-state index contributed by atoms with van der Waals surface area (Å²) >= 11 is 6.07. The summed E-state index contributed by atoms with van der Waals surface area (Å²) in [5.74, 6) is -0.309. The molecule has 0 heterocycles. The van der Waals surface area contributed by atoms with Crippen molar-refractivity contribution in [3.05, 3.63) is 52.5 Å². The molecule has 0 saturated carbocycles. The van der Waals surface area contributed by atoms with Gasteiger partial charge in [0.25, 0.3) is 0 Å². The van der Waals surface area contributed by atoms with Crippen LogP contribution in [0.3, 0.4) is 0 Å². The van der Waals surface area contributed by atoms with Gasteiger partial charge in [-0.05, 0) is 69.2 Å². The zero-order chi connectivity index (χ0) is 19.5. The van der Waals surface area contributed by atoms with Crippen molar-refractivity contribution in [2.24, 2.45) is 5.41 Å². The van der Waals surface area contributed by atoms with Crippen molar-refractivity contribution < 1.29 is 14.3 Å². The van der Waals surface area contributed by atoms with Gasteiger partial charge < -0.3 is 15.4 Å². The molecule has 138 valence electrons. The predicted molar refractivity (Wildman–Crippen MR) is 105 cm³/mol. The second-order valence-electron chi connectivity index (χ2n) is 6.76. The Bertz CT molecular complexity index is 827. The summed E-state index contributed by atoms with van der Waals surface area (Å²) in [4.78, 5) is 25.3. The molecule has 0 aliphatic carbocycles. The number of ether oxygens (including phenoxy) is 1. The summed E-state index contributed by atoms with van der Waals surface area (Å²) in [7, 11) is 1.51. The van der Waals surface area contributed by atoms with Gasteiger partial charge in [0, 0.05) is 11.4 Å². The molecule has 2 aromatic carbocycles. The molecule has 0 bridgehead atoms. The van der Waals surface area contributed by atoms with E-state index in [4.69, 9.17) is 16.3 Å². The normalized spacial score (nSPS) is 11.0. The number of halogens is 1. The zero-order valence-corrected chi connectivity index (χ0v) is 16.3. The van der Waals surface area contributed by atoms with Crippen LogP contribution in [-0.2, 0) is 9.59 Å². The SMILES string of the molecule is COc1ccc(NC(=O)C(C)(C)C(=O)Nc2cc(C)cc(C)c2)cc1Cl. The van der Waals surface area contributed by atoms with E-state index < -0.39 is 11.3 Å². The molecule has 2 amide bonds. The van der Waals surface area contributed by atoms with E-state index in [2.05, 4.69) is 10.6 Å². The molecule has 26 heavy (non-hydrogen) atoms. The van der Waals surface area contributed by atoms with Crippen LogP contribution < -0.4 is 15.4 Å². The smallest absolute Gasteiger partial charge is 0.239 e. The molecular weight excluding hydrogens is 352 g/mol. The first-order valence-electron chi connectivity index (χ1n) is 8.18. The monoisotopic (exact) mass is 374 g/mol. The fourth-order valence-electron chi connectivity index (χ4n) is 2.47. The number of carbonyl (C=O) groups is 2. The number of hydrogen-bond acceptors (Lipinski definition) is 3. The molecule has 0 atom stereocenters. The van der Waals surface area contributed by atoms with Gasteiger partial charge in [-0.3, -0.25) is 9.59 Å². The van der Waals surface area contributed by atoms with Crippen molar-refractivity contribution in [1.29, 1.82) is 0 Å². The number of rotatable bonds is 5. The molecule has 0 spiro atoms. The second kappa shape index (κ2) is 7.79. The average molecular weight is 375 g/mol. The van der Waals surface area contributed by atoms with Crippen LogP contribution in [0.1, 0.15) is 25.0 Å². The molecule has 6 heteroatoms. The lowest BCUT2D eigenvalue weighted by molar-refractivity contribution is -0.135. The topological polar surface area (TPSA) is 67.4 Å². The number of anilines is 2. The maximum Gasteiger partial charge on any atom is 0.239 e. The highest BCUT2D eigenvalue weighted by molar-refractivity contribution is 6.32. The first-order valence-corrected chi connectivity index (χ1v) is 8.56. The Hall–Kier alpha value is -2.53. The lowest BCUT2D eigenvalue weighted by Crippen LogP contribution is -2.41. The van der Waals surface area contributed by atoms with Gasteiger partial charge >= 0.3 is 0 Å². The molecule has 0 unspecified atom stereocenters. The van der Waals surface area contributed by atoms with Crippen molar-refractivity contribution in [2.45, 2.75) is 27.7 Å². The summed E-state index contributed by atoms with van der Waals surface area (Å²) in [6, 6.07) is 10.6. The van der Waals surface area contributed by atoms with Crippen LogP contribution in [0.25, 0.3) is 0 Å². The zero-order valence-electron chi connectivity index (χ0n) is 15.6. The van der Waals surface area contributed by atoms with Crippen LogP contribution in [0.15, 0.2) is 36.4 Å². The van der Waals surface area contributed by atoms with E-state index in [1.165, 1.54) is 7.11 Å². The van der Waals surface area contributed by atoms with Crippen molar-refractivity contribution in [3.8, 4) is 5.75 Å². The van der Waals surface area contributed by atoms with Gasteiger partial charge in [0.15, 0.2) is 0 Å². The lowest BCUT2D eigenvalue weighted by Gasteiger charge is -2.23. The summed E-state index contributed by atoms with van der Waals surface area (Å²) in [6.45, 7) is 7.05. The fraction of sp³-hybridized carbons (Fsp3) is 0.300. The summed E-state index contributed by atoms with van der Waals surface area (Å²) < 4.78 is 5.09. The third-order valence-electron chi connectivity index (χ3n) is 4.02. The van der Waals surface area contributed by atoms with Gasteiger partial charge in [-0.25, -0.2) is 0 Å². The van der Waals surface area contributed by atoms with Gasteiger partial charge in [-0.2, -0.15) is 0 Å². The fourth-order valence-corrected chi connectivity index (χ4v) is 2.73. The molecule has 2 rings (SSSR count). The number of amides is 2. The van der Waals surface area contributed by atoms with E-state index in [-0.39, 0.29) is 5.91 Å².